The number of benzene rings is 1. The summed E-state index contributed by atoms with van der Waals surface area (Å²) in [6, 6.07) is 6.92. The van der Waals surface area contributed by atoms with Crippen molar-refractivity contribution < 1.29 is 13.2 Å². The summed E-state index contributed by atoms with van der Waals surface area (Å²) in [4.78, 5) is 11.8. The Hall–Kier alpha value is -2.04. The van der Waals surface area contributed by atoms with Gasteiger partial charge in [0.05, 0.1) is 11.3 Å². The highest BCUT2D eigenvalue weighted by molar-refractivity contribution is 5.45. The fourth-order valence-corrected chi connectivity index (χ4v) is 1.84. The van der Waals surface area contributed by atoms with Crippen LogP contribution in [0, 0.1) is 13.8 Å². The second kappa shape index (κ2) is 4.57. The van der Waals surface area contributed by atoms with Crippen molar-refractivity contribution in [2.24, 2.45) is 0 Å². The topological polar surface area (TPSA) is 22.0 Å². The lowest BCUT2D eigenvalue weighted by atomic mass is 10.1. The van der Waals surface area contributed by atoms with Gasteiger partial charge in [0.1, 0.15) is 0 Å². The molecule has 2 aromatic rings. The molecular weight excluding hydrogens is 255 g/mol. The average Bonchev–Trinajstić information content (AvgIpc) is 2.32. The van der Waals surface area contributed by atoms with E-state index in [-0.39, 0.29) is 0 Å². The van der Waals surface area contributed by atoms with Gasteiger partial charge in [-0.2, -0.15) is 13.2 Å². The maximum absolute atomic E-state index is 12.7. The highest BCUT2D eigenvalue weighted by Crippen LogP contribution is 2.29. The summed E-state index contributed by atoms with van der Waals surface area (Å²) in [5.74, 6) is 0. The van der Waals surface area contributed by atoms with Crippen LogP contribution >= 0.6 is 0 Å². The maximum atomic E-state index is 12.7. The zero-order valence-electron chi connectivity index (χ0n) is 10.5. The third kappa shape index (κ3) is 2.54. The molecule has 0 radical (unpaired) electrons. The number of rotatable bonds is 1. The predicted octanol–water partition coefficient (Wildman–Crippen LogP) is 3.47. The van der Waals surface area contributed by atoms with Crippen molar-refractivity contribution in [3.63, 3.8) is 0 Å². The molecule has 0 aliphatic rings. The van der Waals surface area contributed by atoms with E-state index in [0.717, 1.165) is 34.0 Å². The second-order valence-corrected chi connectivity index (χ2v) is 4.34. The van der Waals surface area contributed by atoms with Gasteiger partial charge in [0, 0.05) is 12.3 Å². The molecule has 2 rings (SSSR count). The summed E-state index contributed by atoms with van der Waals surface area (Å²) in [5.41, 5.74) is 0.844. The molecule has 0 fully saturated rings. The minimum Gasteiger partial charge on any atom is -0.283 e. The Kier molecular flexibility index (Phi) is 3.22. The van der Waals surface area contributed by atoms with E-state index in [4.69, 9.17) is 0 Å². The molecule has 19 heavy (non-hydrogen) atoms. The van der Waals surface area contributed by atoms with Crippen LogP contribution < -0.4 is 5.56 Å². The van der Waals surface area contributed by atoms with Crippen LogP contribution in [0.25, 0.3) is 5.69 Å². The van der Waals surface area contributed by atoms with Gasteiger partial charge < -0.3 is 0 Å². The van der Waals surface area contributed by atoms with E-state index >= 15 is 0 Å². The van der Waals surface area contributed by atoms with Crippen molar-refractivity contribution in [2.45, 2.75) is 20.0 Å². The predicted molar refractivity (Wildman–Crippen MR) is 66.5 cm³/mol. The number of pyridine rings is 1. The van der Waals surface area contributed by atoms with E-state index in [1.807, 2.05) is 13.0 Å². The summed E-state index contributed by atoms with van der Waals surface area (Å²) in [5, 5.41) is 0. The molecule has 0 unspecified atom stereocenters. The smallest absolute Gasteiger partial charge is 0.283 e. The third-order valence-electron chi connectivity index (χ3n) is 3.07. The van der Waals surface area contributed by atoms with Crippen molar-refractivity contribution in [3.05, 3.63) is 63.6 Å². The van der Waals surface area contributed by atoms with Crippen LogP contribution in [0.1, 0.15) is 16.7 Å². The first-order valence-corrected chi connectivity index (χ1v) is 5.67. The minimum atomic E-state index is -4.47. The Labute approximate surface area is 108 Å². The van der Waals surface area contributed by atoms with E-state index < -0.39 is 17.3 Å². The molecule has 0 bridgehead atoms. The van der Waals surface area contributed by atoms with E-state index in [0.29, 0.717) is 5.69 Å². The van der Waals surface area contributed by atoms with Gasteiger partial charge in [-0.1, -0.05) is 12.1 Å². The third-order valence-corrected chi connectivity index (χ3v) is 3.07. The van der Waals surface area contributed by atoms with E-state index in [1.165, 1.54) is 0 Å². The van der Waals surface area contributed by atoms with Crippen LogP contribution in [-0.4, -0.2) is 4.57 Å². The van der Waals surface area contributed by atoms with Crippen molar-refractivity contribution in [1.82, 2.24) is 4.57 Å². The van der Waals surface area contributed by atoms with Gasteiger partial charge in [-0.25, -0.2) is 0 Å². The molecule has 2 nitrogen and oxygen atoms in total. The molecule has 0 amide bonds. The lowest BCUT2D eigenvalue weighted by Crippen LogP contribution is -2.20. The molecule has 0 spiro atoms. The van der Waals surface area contributed by atoms with Crippen LogP contribution in [0.15, 0.2) is 41.3 Å². The quantitative estimate of drug-likeness (QED) is 0.775. The van der Waals surface area contributed by atoms with Crippen LogP contribution in [-0.2, 0) is 6.18 Å². The Balaban J connectivity index is 2.69. The SMILES string of the molecule is Cc1cccc(-n2cc(C(F)(F)F)ccc2=O)c1C. The standard InChI is InChI=1S/C14H12F3NO/c1-9-4-3-5-12(10(9)2)18-8-11(14(15,16)17)6-7-13(18)19/h3-8H,1-2H3. The van der Waals surface area contributed by atoms with Gasteiger partial charge in [0.15, 0.2) is 0 Å². The molecule has 1 aromatic carbocycles. The summed E-state index contributed by atoms with van der Waals surface area (Å²) < 4.78 is 39.1. The summed E-state index contributed by atoms with van der Waals surface area (Å²) in [6.07, 6.45) is -3.63. The van der Waals surface area contributed by atoms with Gasteiger partial charge in [-0.3, -0.25) is 9.36 Å². The Morgan fingerprint density at radius 1 is 1.05 bits per heavy atom. The van der Waals surface area contributed by atoms with Crippen LogP contribution in [0.4, 0.5) is 13.2 Å². The maximum Gasteiger partial charge on any atom is 0.417 e. The average molecular weight is 267 g/mol. The molecule has 1 heterocycles. The second-order valence-electron chi connectivity index (χ2n) is 4.34. The molecule has 0 aliphatic carbocycles. The normalized spacial score (nSPS) is 11.6. The molecular formula is C14H12F3NO. The summed E-state index contributed by atoms with van der Waals surface area (Å²) >= 11 is 0. The van der Waals surface area contributed by atoms with Crippen LogP contribution in [0.2, 0.25) is 0 Å². The van der Waals surface area contributed by atoms with Gasteiger partial charge in [-0.15, -0.1) is 0 Å². The Bertz CT molecular complexity index is 671. The van der Waals surface area contributed by atoms with Gasteiger partial charge in [0.25, 0.3) is 5.56 Å². The summed E-state index contributed by atoms with van der Waals surface area (Å²) in [7, 11) is 0. The number of alkyl halides is 3. The first-order chi connectivity index (χ1) is 8.80. The molecule has 100 valence electrons. The number of hydrogen-bond donors (Lipinski definition) is 0. The molecule has 0 aliphatic heterocycles. The fourth-order valence-electron chi connectivity index (χ4n) is 1.84. The number of halogens is 3. The Morgan fingerprint density at radius 3 is 2.37 bits per heavy atom. The first-order valence-electron chi connectivity index (χ1n) is 5.67. The van der Waals surface area contributed by atoms with E-state index in [1.54, 1.807) is 19.1 Å². The number of aromatic nitrogens is 1. The van der Waals surface area contributed by atoms with E-state index in [2.05, 4.69) is 0 Å². The van der Waals surface area contributed by atoms with Gasteiger partial charge >= 0.3 is 6.18 Å². The van der Waals surface area contributed by atoms with E-state index in [9.17, 15) is 18.0 Å². The highest BCUT2D eigenvalue weighted by atomic mass is 19.4. The number of nitrogens with zero attached hydrogens (tertiary/aromatic N) is 1. The molecule has 0 saturated carbocycles. The minimum absolute atomic E-state index is 0.469. The monoisotopic (exact) mass is 267 g/mol. The van der Waals surface area contributed by atoms with Crippen LogP contribution in [0.3, 0.4) is 0 Å². The molecule has 1 aromatic heterocycles. The summed E-state index contributed by atoms with van der Waals surface area (Å²) in [6.45, 7) is 3.62. The van der Waals surface area contributed by atoms with Gasteiger partial charge in [0.2, 0.25) is 0 Å². The molecule has 5 heteroatoms. The first kappa shape index (κ1) is 13.4. The van der Waals surface area contributed by atoms with Crippen LogP contribution in [0.5, 0.6) is 0 Å². The zero-order chi connectivity index (χ0) is 14.2. The van der Waals surface area contributed by atoms with Crippen molar-refractivity contribution in [1.29, 1.82) is 0 Å². The number of aryl methyl sites for hydroxylation is 1. The Morgan fingerprint density at radius 2 is 1.74 bits per heavy atom. The molecule has 0 saturated heterocycles. The molecule has 0 atom stereocenters. The fraction of sp³-hybridized carbons (Fsp3) is 0.214. The number of hydrogen-bond acceptors (Lipinski definition) is 1. The lowest BCUT2D eigenvalue weighted by molar-refractivity contribution is -0.138. The highest BCUT2D eigenvalue weighted by Gasteiger charge is 2.31. The lowest BCUT2D eigenvalue weighted by Gasteiger charge is -2.13. The molecule has 0 N–H and O–H groups in total. The largest absolute Gasteiger partial charge is 0.417 e. The van der Waals surface area contributed by atoms with Gasteiger partial charge in [-0.05, 0) is 37.1 Å². The zero-order valence-corrected chi connectivity index (χ0v) is 10.5. The van der Waals surface area contributed by atoms with Crippen molar-refractivity contribution >= 4 is 0 Å². The van der Waals surface area contributed by atoms with Crippen molar-refractivity contribution in [2.75, 3.05) is 0 Å². The van der Waals surface area contributed by atoms with Crippen molar-refractivity contribution in [3.8, 4) is 5.69 Å².